The van der Waals surface area contributed by atoms with E-state index in [1.807, 2.05) is 45.0 Å². The lowest BCUT2D eigenvalue weighted by molar-refractivity contribution is -0.148. The molecule has 2 N–H and O–H groups in total. The van der Waals surface area contributed by atoms with Gasteiger partial charge in [0, 0.05) is 18.5 Å². The number of alkyl carbamates (subject to hydrolysis) is 1. The van der Waals surface area contributed by atoms with Crippen molar-refractivity contribution in [2.24, 2.45) is 11.8 Å². The number of hydrogen-bond donors (Lipinski definition) is 2. The molecule has 2 aromatic carbocycles. The van der Waals surface area contributed by atoms with E-state index >= 15 is 0 Å². The van der Waals surface area contributed by atoms with Crippen LogP contribution in [-0.4, -0.2) is 53.2 Å². The average molecular weight is 465 g/mol. The Bertz CT molecular complexity index is 1040. The Kier molecular flexibility index (Phi) is 6.91. The first kappa shape index (κ1) is 23.8. The smallest absolute Gasteiger partial charge is 0.407 e. The van der Waals surface area contributed by atoms with Crippen molar-refractivity contribution in [3.05, 3.63) is 59.7 Å². The summed E-state index contributed by atoms with van der Waals surface area (Å²) >= 11 is 0. The van der Waals surface area contributed by atoms with Crippen LogP contribution in [0, 0.1) is 11.8 Å². The number of nitrogens with zero attached hydrogens (tertiary/aromatic N) is 1. The van der Waals surface area contributed by atoms with Crippen molar-refractivity contribution in [2.45, 2.75) is 51.6 Å². The second-order valence-electron chi connectivity index (χ2n) is 9.63. The first-order valence-electron chi connectivity index (χ1n) is 11.9. The van der Waals surface area contributed by atoms with Gasteiger partial charge >= 0.3 is 12.1 Å². The highest BCUT2D eigenvalue weighted by molar-refractivity contribution is 5.86. The van der Waals surface area contributed by atoms with Crippen LogP contribution < -0.4 is 5.32 Å². The molecule has 0 aromatic heterocycles. The maximum atomic E-state index is 13.3. The molecule has 7 heteroatoms. The van der Waals surface area contributed by atoms with Gasteiger partial charge in [0.1, 0.15) is 12.6 Å². The highest BCUT2D eigenvalue weighted by Gasteiger charge is 2.37. The number of nitrogens with one attached hydrogen (secondary N) is 1. The van der Waals surface area contributed by atoms with E-state index in [0.717, 1.165) is 22.3 Å². The minimum absolute atomic E-state index is 0.0542. The minimum atomic E-state index is -0.823. The number of fused-ring (bicyclic) bond motifs is 3. The lowest BCUT2D eigenvalue weighted by Gasteiger charge is -2.39. The van der Waals surface area contributed by atoms with Gasteiger partial charge in [-0.05, 0) is 47.9 Å². The van der Waals surface area contributed by atoms with E-state index in [4.69, 9.17) is 4.74 Å². The molecule has 0 radical (unpaired) electrons. The summed E-state index contributed by atoms with van der Waals surface area (Å²) in [6, 6.07) is 15.3. The van der Waals surface area contributed by atoms with E-state index in [0.29, 0.717) is 19.4 Å². The third-order valence-electron chi connectivity index (χ3n) is 7.06. The number of carboxylic acid groups (broad SMARTS) is 1. The fourth-order valence-corrected chi connectivity index (χ4v) is 5.18. The van der Waals surface area contributed by atoms with Gasteiger partial charge in [-0.15, -0.1) is 0 Å². The number of benzene rings is 2. The van der Waals surface area contributed by atoms with Crippen molar-refractivity contribution in [3.63, 3.8) is 0 Å². The second kappa shape index (κ2) is 9.87. The van der Waals surface area contributed by atoms with Crippen molar-refractivity contribution in [2.75, 3.05) is 13.2 Å². The molecule has 2 unspecified atom stereocenters. The molecule has 0 bridgehead atoms. The summed E-state index contributed by atoms with van der Waals surface area (Å²) in [5.41, 5.74) is 4.56. The molecule has 7 nitrogen and oxygen atoms in total. The van der Waals surface area contributed by atoms with Crippen LogP contribution in [0.3, 0.4) is 0 Å². The van der Waals surface area contributed by atoms with Crippen LogP contribution in [0.5, 0.6) is 0 Å². The zero-order valence-electron chi connectivity index (χ0n) is 19.9. The number of carbonyl (C=O) groups is 3. The van der Waals surface area contributed by atoms with Crippen molar-refractivity contribution in [1.82, 2.24) is 10.2 Å². The van der Waals surface area contributed by atoms with Crippen LogP contribution in [0.4, 0.5) is 4.79 Å². The first-order valence-corrected chi connectivity index (χ1v) is 11.9. The molecule has 2 amide bonds. The van der Waals surface area contributed by atoms with E-state index in [9.17, 15) is 19.5 Å². The fraction of sp³-hybridized carbons (Fsp3) is 0.444. The summed E-state index contributed by atoms with van der Waals surface area (Å²) in [5, 5.41) is 12.1. The predicted octanol–water partition coefficient (Wildman–Crippen LogP) is 4.26. The quantitative estimate of drug-likeness (QED) is 0.666. The Morgan fingerprint density at radius 1 is 1.06 bits per heavy atom. The van der Waals surface area contributed by atoms with Crippen LogP contribution in [0.2, 0.25) is 0 Å². The van der Waals surface area contributed by atoms with Gasteiger partial charge in [-0.25, -0.2) is 4.79 Å². The van der Waals surface area contributed by atoms with Crippen molar-refractivity contribution >= 4 is 18.0 Å². The number of rotatable bonds is 6. The third-order valence-corrected chi connectivity index (χ3v) is 7.06. The number of hydrogen-bond acceptors (Lipinski definition) is 4. The third kappa shape index (κ3) is 4.65. The Balaban J connectivity index is 1.41. The van der Waals surface area contributed by atoms with Gasteiger partial charge in [-0.3, -0.25) is 9.59 Å². The molecule has 1 aliphatic carbocycles. The van der Waals surface area contributed by atoms with Gasteiger partial charge < -0.3 is 20.1 Å². The Morgan fingerprint density at radius 3 is 2.18 bits per heavy atom. The lowest BCUT2D eigenvalue weighted by Crippen LogP contribution is -2.56. The van der Waals surface area contributed by atoms with Crippen molar-refractivity contribution in [1.29, 1.82) is 0 Å². The maximum Gasteiger partial charge on any atom is 0.407 e. The summed E-state index contributed by atoms with van der Waals surface area (Å²) < 4.78 is 5.63. The van der Waals surface area contributed by atoms with Crippen LogP contribution >= 0.6 is 0 Å². The predicted molar refractivity (Wildman–Crippen MR) is 128 cm³/mol. The van der Waals surface area contributed by atoms with E-state index in [1.165, 1.54) is 0 Å². The summed E-state index contributed by atoms with van der Waals surface area (Å²) in [7, 11) is 0. The number of piperidine rings is 1. The molecule has 0 saturated carbocycles. The number of amides is 2. The van der Waals surface area contributed by atoms with Crippen LogP contribution in [-0.2, 0) is 14.3 Å². The molecule has 0 spiro atoms. The normalized spacial score (nSPS) is 20.4. The maximum absolute atomic E-state index is 13.3. The van der Waals surface area contributed by atoms with Gasteiger partial charge in [0.2, 0.25) is 5.91 Å². The molecule has 1 saturated heterocycles. The number of aliphatic carboxylic acids is 1. The van der Waals surface area contributed by atoms with Gasteiger partial charge in [-0.1, -0.05) is 62.4 Å². The van der Waals surface area contributed by atoms with Gasteiger partial charge in [0.05, 0.1) is 5.92 Å². The average Bonchev–Trinajstić information content (AvgIpc) is 3.14. The molecule has 34 heavy (non-hydrogen) atoms. The molecule has 3 atom stereocenters. The largest absolute Gasteiger partial charge is 0.481 e. The number of ether oxygens (including phenoxy) is 1. The van der Waals surface area contributed by atoms with Gasteiger partial charge in [0.15, 0.2) is 0 Å². The molecule has 1 fully saturated rings. The summed E-state index contributed by atoms with van der Waals surface area (Å²) in [5.74, 6) is -1.65. The van der Waals surface area contributed by atoms with E-state index in [1.54, 1.807) is 4.90 Å². The summed E-state index contributed by atoms with van der Waals surface area (Å²) in [6.45, 7) is 6.16. The summed E-state index contributed by atoms with van der Waals surface area (Å²) in [6.07, 6.45) is 0.208. The molecule has 2 aliphatic rings. The van der Waals surface area contributed by atoms with E-state index in [-0.39, 0.29) is 30.4 Å². The standard InChI is InChI=1S/C27H32N2O5/c1-16(2)24(25(30)29-13-12-18(26(31)32)14-17(29)3)28-27(33)34-15-23-21-10-6-4-8-19(21)20-9-5-7-11-22(20)23/h4-11,16-18,23-24H,12-15H2,1-3H3,(H,28,33)(H,31,32)/t17?,18?,24-/m1/s1. The number of likely N-dealkylation sites (tertiary alicyclic amines) is 1. The van der Waals surface area contributed by atoms with Crippen LogP contribution in [0.25, 0.3) is 11.1 Å². The zero-order chi connectivity index (χ0) is 24.4. The minimum Gasteiger partial charge on any atom is -0.481 e. The summed E-state index contributed by atoms with van der Waals surface area (Å²) in [4.78, 5) is 39.0. The van der Waals surface area contributed by atoms with E-state index in [2.05, 4.69) is 29.6 Å². The van der Waals surface area contributed by atoms with E-state index < -0.39 is 24.0 Å². The van der Waals surface area contributed by atoms with Gasteiger partial charge in [0.25, 0.3) is 0 Å². The molecule has 2 aromatic rings. The molecule has 4 rings (SSSR count). The molecule has 180 valence electrons. The number of carbonyl (C=O) groups excluding carboxylic acids is 2. The molecular weight excluding hydrogens is 432 g/mol. The first-order chi connectivity index (χ1) is 16.3. The molecule has 1 heterocycles. The SMILES string of the molecule is CC(C)[C@@H](NC(=O)OCC1c2ccccc2-c2ccccc21)C(=O)N1CCC(C(=O)O)CC1C. The van der Waals surface area contributed by atoms with Crippen molar-refractivity contribution < 1.29 is 24.2 Å². The topological polar surface area (TPSA) is 95.9 Å². The highest BCUT2D eigenvalue weighted by atomic mass is 16.5. The van der Waals surface area contributed by atoms with Crippen LogP contribution in [0.15, 0.2) is 48.5 Å². The second-order valence-corrected chi connectivity index (χ2v) is 9.63. The Labute approximate surface area is 200 Å². The zero-order valence-corrected chi connectivity index (χ0v) is 19.9. The Morgan fingerprint density at radius 2 is 1.65 bits per heavy atom. The monoisotopic (exact) mass is 464 g/mol. The molecule has 1 aliphatic heterocycles. The fourth-order valence-electron chi connectivity index (χ4n) is 5.18. The number of carboxylic acids is 1. The Hall–Kier alpha value is -3.35. The van der Waals surface area contributed by atoms with Gasteiger partial charge in [-0.2, -0.15) is 0 Å². The van der Waals surface area contributed by atoms with Crippen LogP contribution in [0.1, 0.15) is 50.7 Å². The molecular formula is C27H32N2O5. The van der Waals surface area contributed by atoms with Crippen molar-refractivity contribution in [3.8, 4) is 11.1 Å². The highest BCUT2D eigenvalue weighted by Crippen LogP contribution is 2.44. The lowest BCUT2D eigenvalue weighted by atomic mass is 9.90.